The summed E-state index contributed by atoms with van der Waals surface area (Å²) in [6.45, 7) is 0. The predicted octanol–water partition coefficient (Wildman–Crippen LogP) is 1.25. The van der Waals surface area contributed by atoms with Crippen molar-refractivity contribution in [3.63, 3.8) is 0 Å². The molecule has 1 heterocycles. The Labute approximate surface area is 120 Å². The Hall–Kier alpha value is -3.14. The van der Waals surface area contributed by atoms with Crippen molar-refractivity contribution in [3.8, 4) is 6.07 Å². The van der Waals surface area contributed by atoms with Crippen molar-refractivity contribution in [2.24, 2.45) is 0 Å². The van der Waals surface area contributed by atoms with Gasteiger partial charge in [-0.2, -0.15) is 5.26 Å². The minimum atomic E-state index is -0.942. The highest BCUT2D eigenvalue weighted by molar-refractivity contribution is 6.41. The smallest absolute Gasteiger partial charge is 0.421 e. The van der Waals surface area contributed by atoms with Crippen LogP contribution in [-0.4, -0.2) is 32.2 Å². The van der Waals surface area contributed by atoms with Gasteiger partial charge in [-0.3, -0.25) is 4.79 Å². The molecule has 0 fully saturated rings. The maximum atomic E-state index is 12.4. The van der Waals surface area contributed by atoms with Gasteiger partial charge in [-0.05, 0) is 6.07 Å². The minimum Gasteiger partial charge on any atom is -0.465 e. The number of carbonyl (C=O) groups is 3. The van der Waals surface area contributed by atoms with E-state index in [0.717, 1.165) is 19.1 Å². The minimum absolute atomic E-state index is 0.176. The van der Waals surface area contributed by atoms with Crippen LogP contribution in [0.15, 0.2) is 29.8 Å². The monoisotopic (exact) mass is 286 g/mol. The molecule has 7 heteroatoms. The Kier molecular flexibility index (Phi) is 3.71. The molecular formula is C14H10N2O5. The lowest BCUT2D eigenvalue weighted by Gasteiger charge is -2.12. The van der Waals surface area contributed by atoms with Gasteiger partial charge in [0.15, 0.2) is 5.57 Å². The number of amides is 2. The fourth-order valence-electron chi connectivity index (χ4n) is 2.04. The molecule has 0 saturated carbocycles. The predicted molar refractivity (Wildman–Crippen MR) is 70.9 cm³/mol. The van der Waals surface area contributed by atoms with Crippen molar-refractivity contribution in [1.82, 2.24) is 0 Å². The summed E-state index contributed by atoms with van der Waals surface area (Å²) in [7, 11) is 2.23. The van der Waals surface area contributed by atoms with E-state index in [1.807, 2.05) is 0 Å². The number of hydrogen-bond acceptors (Lipinski definition) is 6. The number of benzene rings is 1. The molecule has 1 aromatic carbocycles. The van der Waals surface area contributed by atoms with E-state index in [0.29, 0.717) is 5.56 Å². The third-order valence-corrected chi connectivity index (χ3v) is 2.94. The van der Waals surface area contributed by atoms with Gasteiger partial charge in [0.05, 0.1) is 25.5 Å². The van der Waals surface area contributed by atoms with Crippen LogP contribution in [0.3, 0.4) is 0 Å². The molecule has 1 aliphatic rings. The number of nitriles is 1. The van der Waals surface area contributed by atoms with Crippen molar-refractivity contribution in [3.05, 3.63) is 35.4 Å². The summed E-state index contributed by atoms with van der Waals surface area (Å²) >= 11 is 0. The molecule has 106 valence electrons. The highest BCUT2D eigenvalue weighted by atomic mass is 16.5. The Balaban J connectivity index is 2.74. The van der Waals surface area contributed by atoms with Crippen LogP contribution in [0, 0.1) is 11.3 Å². The number of nitrogens with zero attached hydrogens (tertiary/aromatic N) is 2. The van der Waals surface area contributed by atoms with E-state index in [1.54, 1.807) is 18.2 Å². The molecular weight excluding hydrogens is 276 g/mol. The van der Waals surface area contributed by atoms with Gasteiger partial charge < -0.3 is 9.47 Å². The molecule has 0 aliphatic carbocycles. The first-order valence-corrected chi connectivity index (χ1v) is 5.81. The molecule has 0 spiro atoms. The third kappa shape index (κ3) is 2.12. The second kappa shape index (κ2) is 5.46. The molecule has 7 nitrogen and oxygen atoms in total. The quantitative estimate of drug-likeness (QED) is 0.438. The van der Waals surface area contributed by atoms with E-state index >= 15 is 0 Å². The van der Waals surface area contributed by atoms with Crippen LogP contribution in [0.2, 0.25) is 0 Å². The van der Waals surface area contributed by atoms with Gasteiger partial charge >= 0.3 is 12.1 Å². The summed E-state index contributed by atoms with van der Waals surface area (Å²) in [4.78, 5) is 36.5. The molecule has 0 aromatic heterocycles. The van der Waals surface area contributed by atoms with Crippen LogP contribution >= 0.6 is 0 Å². The summed E-state index contributed by atoms with van der Waals surface area (Å²) in [6.07, 6.45) is -0.899. The molecule has 1 aromatic rings. The largest absolute Gasteiger partial charge is 0.465 e. The SMILES string of the molecule is COC(=O)/C(C#N)=C1/C(=O)N(C(=O)OC)c2ccccc21. The molecule has 0 saturated heterocycles. The first-order chi connectivity index (χ1) is 10.1. The van der Waals surface area contributed by atoms with Gasteiger partial charge in [0, 0.05) is 5.56 Å². The fraction of sp³-hybridized carbons (Fsp3) is 0.143. The first-order valence-electron chi connectivity index (χ1n) is 5.81. The molecule has 2 amide bonds. The van der Waals surface area contributed by atoms with Crippen molar-refractivity contribution >= 4 is 29.2 Å². The topological polar surface area (TPSA) is 96.7 Å². The molecule has 0 atom stereocenters. The Morgan fingerprint density at radius 1 is 1.19 bits per heavy atom. The normalized spacial score (nSPS) is 15.1. The number of fused-ring (bicyclic) bond motifs is 1. The van der Waals surface area contributed by atoms with Crippen LogP contribution in [0.5, 0.6) is 0 Å². The Morgan fingerprint density at radius 3 is 2.43 bits per heavy atom. The molecule has 0 N–H and O–H groups in total. The van der Waals surface area contributed by atoms with E-state index in [4.69, 9.17) is 5.26 Å². The summed E-state index contributed by atoms with van der Waals surface area (Å²) in [5.74, 6) is -1.74. The fourth-order valence-corrected chi connectivity index (χ4v) is 2.04. The number of methoxy groups -OCH3 is 2. The number of esters is 1. The zero-order valence-electron chi connectivity index (χ0n) is 11.2. The number of carbonyl (C=O) groups excluding carboxylic acids is 3. The van der Waals surface area contributed by atoms with E-state index in [2.05, 4.69) is 9.47 Å². The second-order valence-corrected chi connectivity index (χ2v) is 3.98. The first kappa shape index (κ1) is 14.3. The van der Waals surface area contributed by atoms with Gasteiger partial charge in [-0.15, -0.1) is 0 Å². The number of imide groups is 1. The van der Waals surface area contributed by atoms with Crippen LogP contribution in [0.25, 0.3) is 5.57 Å². The highest BCUT2D eigenvalue weighted by Gasteiger charge is 2.40. The van der Waals surface area contributed by atoms with Crippen molar-refractivity contribution in [2.75, 3.05) is 19.1 Å². The summed E-state index contributed by atoms with van der Waals surface area (Å²) in [5, 5.41) is 9.12. The van der Waals surface area contributed by atoms with Gasteiger partial charge in [-0.25, -0.2) is 14.5 Å². The lowest BCUT2D eigenvalue weighted by molar-refractivity contribution is -0.135. The Morgan fingerprint density at radius 2 is 1.86 bits per heavy atom. The summed E-state index contributed by atoms with van der Waals surface area (Å²) < 4.78 is 9.05. The number of para-hydroxylation sites is 1. The summed E-state index contributed by atoms with van der Waals surface area (Å²) in [5.41, 5.74) is -0.0810. The lowest BCUT2D eigenvalue weighted by atomic mass is 10.0. The molecule has 1 aliphatic heterocycles. The van der Waals surface area contributed by atoms with E-state index in [1.165, 1.54) is 12.1 Å². The Bertz CT molecular complexity index is 714. The van der Waals surface area contributed by atoms with E-state index in [9.17, 15) is 14.4 Å². The van der Waals surface area contributed by atoms with Crippen LogP contribution in [-0.2, 0) is 19.1 Å². The number of ether oxygens (including phenoxy) is 2. The highest BCUT2D eigenvalue weighted by Crippen LogP contribution is 2.38. The van der Waals surface area contributed by atoms with Crippen LogP contribution in [0.1, 0.15) is 5.56 Å². The number of rotatable bonds is 1. The zero-order valence-corrected chi connectivity index (χ0v) is 11.2. The van der Waals surface area contributed by atoms with Gasteiger partial charge in [0.1, 0.15) is 6.07 Å². The molecule has 0 bridgehead atoms. The average Bonchev–Trinajstić information content (AvgIpc) is 2.80. The van der Waals surface area contributed by atoms with E-state index < -0.39 is 23.5 Å². The second-order valence-electron chi connectivity index (χ2n) is 3.98. The maximum absolute atomic E-state index is 12.4. The average molecular weight is 286 g/mol. The van der Waals surface area contributed by atoms with Crippen LogP contribution < -0.4 is 4.90 Å². The molecule has 0 unspecified atom stereocenters. The van der Waals surface area contributed by atoms with Crippen molar-refractivity contribution < 1.29 is 23.9 Å². The van der Waals surface area contributed by atoms with E-state index in [-0.39, 0.29) is 11.3 Å². The number of anilines is 1. The van der Waals surface area contributed by atoms with Gasteiger partial charge in [0.2, 0.25) is 0 Å². The zero-order chi connectivity index (χ0) is 15.6. The van der Waals surface area contributed by atoms with Gasteiger partial charge in [-0.1, -0.05) is 18.2 Å². The lowest BCUT2D eigenvalue weighted by Crippen LogP contribution is -2.33. The standard InChI is InChI=1S/C14H10N2O5/c1-20-13(18)9(7-15)11-8-5-3-4-6-10(8)16(12(11)17)14(19)21-2/h3-6H,1-2H3/b11-9+. The van der Waals surface area contributed by atoms with Crippen LogP contribution in [0.4, 0.5) is 10.5 Å². The molecule has 0 radical (unpaired) electrons. The number of hydrogen-bond donors (Lipinski definition) is 0. The molecule has 2 rings (SSSR count). The van der Waals surface area contributed by atoms with Crippen molar-refractivity contribution in [2.45, 2.75) is 0 Å². The maximum Gasteiger partial charge on any atom is 0.421 e. The van der Waals surface area contributed by atoms with Crippen molar-refractivity contribution in [1.29, 1.82) is 5.26 Å². The molecule has 21 heavy (non-hydrogen) atoms. The summed E-state index contributed by atoms with van der Waals surface area (Å²) in [6, 6.07) is 7.94. The third-order valence-electron chi connectivity index (χ3n) is 2.94. The van der Waals surface area contributed by atoms with Gasteiger partial charge in [0.25, 0.3) is 5.91 Å².